The van der Waals surface area contributed by atoms with Crippen LogP contribution >= 0.6 is 23.1 Å². The summed E-state index contributed by atoms with van der Waals surface area (Å²) < 4.78 is 19.1. The maximum atomic E-state index is 13.5. The van der Waals surface area contributed by atoms with E-state index in [9.17, 15) is 19.1 Å². The van der Waals surface area contributed by atoms with Crippen molar-refractivity contribution in [2.45, 2.75) is 42.3 Å². The molecule has 1 N–H and O–H groups in total. The smallest absolute Gasteiger partial charge is 0.301 e. The highest BCUT2D eigenvalue weighted by Gasteiger charge is 2.48. The number of hydrogen-bond donors (Lipinski definition) is 1. The van der Waals surface area contributed by atoms with Crippen molar-refractivity contribution in [2.24, 2.45) is 0 Å². The molecule has 1 fully saturated rings. The van der Waals surface area contributed by atoms with E-state index in [1.165, 1.54) is 47.2 Å². The third-order valence-corrected chi connectivity index (χ3v) is 8.90. The molecule has 4 aromatic rings. The van der Waals surface area contributed by atoms with Crippen LogP contribution in [0.25, 0.3) is 5.76 Å². The van der Waals surface area contributed by atoms with Crippen molar-refractivity contribution in [1.29, 1.82) is 0 Å². The Kier molecular flexibility index (Phi) is 7.97. The van der Waals surface area contributed by atoms with E-state index >= 15 is 0 Å². The molecule has 2 heterocycles. The maximum Gasteiger partial charge on any atom is 0.301 e. The number of hydrogen-bond acceptors (Lipinski definition) is 8. The molecule has 5 rings (SSSR count). The van der Waals surface area contributed by atoms with Gasteiger partial charge in [0.1, 0.15) is 17.3 Å². The van der Waals surface area contributed by atoms with Gasteiger partial charge < -0.3 is 9.84 Å². The number of aliphatic hydroxyl groups excluding tert-OH is 1. The van der Waals surface area contributed by atoms with Gasteiger partial charge in [-0.3, -0.25) is 14.5 Å². The molecule has 0 aliphatic carbocycles. The Labute approximate surface area is 245 Å². The zero-order valence-corrected chi connectivity index (χ0v) is 24.6. The van der Waals surface area contributed by atoms with Crippen LogP contribution in [0.2, 0.25) is 0 Å². The van der Waals surface area contributed by atoms with Crippen molar-refractivity contribution < 1.29 is 23.8 Å². The van der Waals surface area contributed by atoms with Crippen molar-refractivity contribution in [3.05, 3.63) is 106 Å². The maximum absolute atomic E-state index is 13.5. The molecule has 41 heavy (non-hydrogen) atoms. The Morgan fingerprint density at radius 3 is 2.27 bits per heavy atom. The third kappa shape index (κ3) is 5.89. The van der Waals surface area contributed by atoms with Gasteiger partial charge in [-0.2, -0.15) is 0 Å². The van der Waals surface area contributed by atoms with E-state index in [0.717, 1.165) is 11.1 Å². The second kappa shape index (κ2) is 11.5. The molecule has 0 radical (unpaired) electrons. The lowest BCUT2D eigenvalue weighted by molar-refractivity contribution is -0.132. The number of ketones is 1. The first-order valence-electron chi connectivity index (χ1n) is 12.8. The summed E-state index contributed by atoms with van der Waals surface area (Å²) in [5.41, 5.74) is 2.91. The summed E-state index contributed by atoms with van der Waals surface area (Å²) in [6.07, 6.45) is 0. The van der Waals surface area contributed by atoms with Gasteiger partial charge in [-0.25, -0.2) is 4.39 Å². The third-order valence-electron chi connectivity index (χ3n) is 6.78. The zero-order chi connectivity index (χ0) is 29.3. The average molecular weight is 590 g/mol. The van der Waals surface area contributed by atoms with Gasteiger partial charge in [-0.05, 0) is 58.5 Å². The normalized spacial score (nSPS) is 16.8. The SMILES string of the molecule is COc1ccc(/C(O)=C2/C(=O)C(=O)N(c3nnc(SCc4ccc(F)cc4)s3)C2c2ccc(C(C)(C)C)cc2)cc1. The molecule has 1 aromatic heterocycles. The summed E-state index contributed by atoms with van der Waals surface area (Å²) in [4.78, 5) is 28.3. The van der Waals surface area contributed by atoms with Crippen molar-refractivity contribution >= 4 is 45.7 Å². The van der Waals surface area contributed by atoms with Gasteiger partial charge in [0.2, 0.25) is 5.13 Å². The Balaban J connectivity index is 1.54. The van der Waals surface area contributed by atoms with Crippen LogP contribution in [0.5, 0.6) is 5.75 Å². The number of methoxy groups -OCH3 is 1. The molecular formula is C31H28FN3O4S2. The van der Waals surface area contributed by atoms with Gasteiger partial charge in [0.25, 0.3) is 5.78 Å². The van der Waals surface area contributed by atoms with Crippen molar-refractivity contribution in [3.8, 4) is 5.75 Å². The van der Waals surface area contributed by atoms with E-state index < -0.39 is 17.7 Å². The van der Waals surface area contributed by atoms with E-state index in [1.807, 2.05) is 24.3 Å². The topological polar surface area (TPSA) is 92.6 Å². The predicted octanol–water partition coefficient (Wildman–Crippen LogP) is 6.90. The Morgan fingerprint density at radius 1 is 1.00 bits per heavy atom. The molecule has 1 amide bonds. The molecule has 0 saturated carbocycles. The monoisotopic (exact) mass is 589 g/mol. The number of ether oxygens (including phenoxy) is 1. The Morgan fingerprint density at radius 2 is 1.66 bits per heavy atom. The zero-order valence-electron chi connectivity index (χ0n) is 22.9. The van der Waals surface area contributed by atoms with E-state index in [4.69, 9.17) is 4.74 Å². The molecule has 1 aliphatic heterocycles. The standard InChI is InChI=1S/C31H28FN3O4S2/c1-31(2,3)21-11-7-19(8-12-21)25-24(26(36)20-9-15-23(39-4)16-10-20)27(37)28(38)35(25)29-33-34-30(41-29)40-17-18-5-13-22(32)14-6-18/h5-16,25,36H,17H2,1-4H3/b26-24-. The van der Waals surface area contributed by atoms with Gasteiger partial charge in [-0.15, -0.1) is 10.2 Å². The first-order valence-corrected chi connectivity index (χ1v) is 14.6. The summed E-state index contributed by atoms with van der Waals surface area (Å²) in [6.45, 7) is 6.30. The highest BCUT2D eigenvalue weighted by Crippen LogP contribution is 2.44. The average Bonchev–Trinajstić information content (AvgIpc) is 3.54. The number of halogens is 1. The van der Waals surface area contributed by atoms with Gasteiger partial charge in [-0.1, -0.05) is 80.3 Å². The minimum absolute atomic E-state index is 0.0283. The number of carbonyl (C=O) groups is 2. The van der Waals surface area contributed by atoms with Crippen LogP contribution in [-0.4, -0.2) is 34.1 Å². The molecule has 7 nitrogen and oxygen atoms in total. The number of anilines is 1. The summed E-state index contributed by atoms with van der Waals surface area (Å²) >= 11 is 2.57. The second-order valence-corrected chi connectivity index (χ2v) is 12.7. The summed E-state index contributed by atoms with van der Waals surface area (Å²) in [7, 11) is 1.54. The van der Waals surface area contributed by atoms with Crippen LogP contribution in [0.3, 0.4) is 0 Å². The molecule has 1 saturated heterocycles. The molecule has 210 valence electrons. The largest absolute Gasteiger partial charge is 0.507 e. The summed E-state index contributed by atoms with van der Waals surface area (Å²) in [5.74, 6) is -1.07. The lowest BCUT2D eigenvalue weighted by atomic mass is 9.85. The fourth-order valence-corrected chi connectivity index (χ4v) is 6.32. The first-order chi connectivity index (χ1) is 19.6. The number of aliphatic hydroxyl groups is 1. The van der Waals surface area contributed by atoms with Gasteiger partial charge in [0.05, 0.1) is 18.7 Å². The van der Waals surface area contributed by atoms with Crippen molar-refractivity contribution in [2.75, 3.05) is 12.0 Å². The second-order valence-electron chi connectivity index (χ2n) is 10.5. The van der Waals surface area contributed by atoms with Crippen LogP contribution in [0.15, 0.2) is 82.7 Å². The number of nitrogens with zero attached hydrogens (tertiary/aromatic N) is 3. The number of thioether (sulfide) groups is 1. The number of carbonyl (C=O) groups excluding carboxylic acids is 2. The van der Waals surface area contributed by atoms with Crippen LogP contribution in [0.1, 0.15) is 49.1 Å². The summed E-state index contributed by atoms with van der Waals surface area (Å²) in [6, 6.07) is 19.6. The quantitative estimate of drug-likeness (QED) is 0.0824. The summed E-state index contributed by atoms with van der Waals surface area (Å²) in [5, 5.41) is 20.1. The highest BCUT2D eigenvalue weighted by molar-refractivity contribution is 8.00. The minimum Gasteiger partial charge on any atom is -0.507 e. The fraction of sp³-hybridized carbons (Fsp3) is 0.226. The van der Waals surface area contributed by atoms with Gasteiger partial charge >= 0.3 is 5.91 Å². The van der Waals surface area contributed by atoms with E-state index in [-0.39, 0.29) is 27.7 Å². The fourth-order valence-electron chi connectivity index (χ4n) is 4.50. The highest BCUT2D eigenvalue weighted by atomic mass is 32.2. The first kappa shape index (κ1) is 28.5. The molecular weight excluding hydrogens is 561 g/mol. The van der Waals surface area contributed by atoms with Gasteiger partial charge in [0, 0.05) is 11.3 Å². The minimum atomic E-state index is -0.908. The molecule has 1 unspecified atom stereocenters. The molecule has 1 atom stereocenters. The van der Waals surface area contributed by atoms with E-state index in [1.54, 1.807) is 36.4 Å². The van der Waals surface area contributed by atoms with Crippen molar-refractivity contribution in [3.63, 3.8) is 0 Å². The Hall–Kier alpha value is -4.02. The number of Topliss-reactive ketones (excluding diaryl/α,β-unsaturated/α-hetero) is 1. The molecule has 0 spiro atoms. The number of rotatable bonds is 7. The van der Waals surface area contributed by atoms with E-state index in [0.29, 0.717) is 27.0 Å². The van der Waals surface area contributed by atoms with Crippen LogP contribution < -0.4 is 9.64 Å². The lowest BCUT2D eigenvalue weighted by Gasteiger charge is -2.24. The number of amides is 1. The molecule has 0 bridgehead atoms. The number of benzene rings is 3. The molecule has 10 heteroatoms. The van der Waals surface area contributed by atoms with Crippen LogP contribution in [0, 0.1) is 5.82 Å². The van der Waals surface area contributed by atoms with Gasteiger partial charge in [0.15, 0.2) is 4.34 Å². The number of aromatic nitrogens is 2. The lowest BCUT2D eigenvalue weighted by Crippen LogP contribution is -2.29. The van der Waals surface area contributed by atoms with Crippen molar-refractivity contribution in [1.82, 2.24) is 10.2 Å². The molecule has 3 aromatic carbocycles. The predicted molar refractivity (Wildman–Crippen MR) is 159 cm³/mol. The van der Waals surface area contributed by atoms with Crippen LogP contribution in [-0.2, 0) is 20.8 Å². The van der Waals surface area contributed by atoms with E-state index in [2.05, 4.69) is 31.0 Å². The Bertz CT molecular complexity index is 1610. The van der Waals surface area contributed by atoms with Crippen LogP contribution in [0.4, 0.5) is 9.52 Å². The molecule has 1 aliphatic rings.